The van der Waals surface area contributed by atoms with Crippen LogP contribution in [0.3, 0.4) is 0 Å². The molecule has 0 fully saturated rings. The Kier molecular flexibility index (Phi) is 8.12. The minimum Gasteiger partial charge on any atom is -0.497 e. The number of anilines is 1. The summed E-state index contributed by atoms with van der Waals surface area (Å²) in [6.07, 6.45) is 0. The Morgan fingerprint density at radius 3 is 2.44 bits per heavy atom. The van der Waals surface area contributed by atoms with E-state index in [1.165, 1.54) is 11.8 Å². The number of methoxy groups -OCH3 is 2. The van der Waals surface area contributed by atoms with Crippen LogP contribution in [0.2, 0.25) is 0 Å². The lowest BCUT2D eigenvalue weighted by Crippen LogP contribution is -2.15. The average Bonchev–Trinajstić information content (AvgIpc) is 3.32. The Hall–Kier alpha value is -3.98. The number of hydrogen-bond donors (Lipinski definition) is 1. The third kappa shape index (κ3) is 5.80. The van der Waals surface area contributed by atoms with E-state index in [1.807, 2.05) is 60.9 Å². The van der Waals surface area contributed by atoms with Crippen molar-refractivity contribution in [3.63, 3.8) is 0 Å². The quantitative estimate of drug-likeness (QED) is 0.290. The molecule has 8 nitrogen and oxygen atoms in total. The van der Waals surface area contributed by atoms with Crippen LogP contribution in [0.5, 0.6) is 17.2 Å². The number of aryl methyl sites for hydroxylation is 1. The second-order valence-corrected chi connectivity index (χ2v) is 8.78. The Bertz CT molecular complexity index is 1340. The summed E-state index contributed by atoms with van der Waals surface area (Å²) in [6.45, 7) is 4.58. The van der Waals surface area contributed by atoms with Crippen LogP contribution in [-0.4, -0.2) is 47.3 Å². The molecule has 0 bridgehead atoms. The van der Waals surface area contributed by atoms with Gasteiger partial charge in [-0.1, -0.05) is 35.5 Å². The van der Waals surface area contributed by atoms with Crippen LogP contribution in [0.1, 0.15) is 12.5 Å². The summed E-state index contributed by atoms with van der Waals surface area (Å²) in [6, 6.07) is 21.1. The molecule has 36 heavy (non-hydrogen) atoms. The minimum atomic E-state index is -0.193. The number of carbonyl (C=O) groups excluding carboxylic acids is 1. The fourth-order valence-corrected chi connectivity index (χ4v) is 4.40. The average molecular weight is 505 g/mol. The van der Waals surface area contributed by atoms with Gasteiger partial charge in [0.25, 0.3) is 0 Å². The van der Waals surface area contributed by atoms with E-state index in [1.54, 1.807) is 32.4 Å². The predicted octanol–water partition coefficient (Wildman–Crippen LogP) is 5.39. The largest absolute Gasteiger partial charge is 0.497 e. The Labute approximate surface area is 214 Å². The van der Waals surface area contributed by atoms with E-state index in [2.05, 4.69) is 21.6 Å². The van der Waals surface area contributed by atoms with Gasteiger partial charge in [-0.2, -0.15) is 0 Å². The van der Waals surface area contributed by atoms with Crippen molar-refractivity contribution >= 4 is 23.4 Å². The van der Waals surface area contributed by atoms with Crippen LogP contribution >= 0.6 is 11.8 Å². The number of aromatic nitrogens is 3. The summed E-state index contributed by atoms with van der Waals surface area (Å²) in [5.41, 5.74) is 3.50. The SMILES string of the molecule is CCOc1ccc(-n2c(SCC(=O)Nc3ccc(OC)cc3OC)nnc2-c2cccc(C)c2)cc1. The minimum absolute atomic E-state index is 0.137. The van der Waals surface area contributed by atoms with Crippen LogP contribution in [0.15, 0.2) is 71.9 Å². The first-order valence-electron chi connectivity index (χ1n) is 11.4. The molecule has 0 aliphatic rings. The van der Waals surface area contributed by atoms with Crippen molar-refractivity contribution < 1.29 is 19.0 Å². The van der Waals surface area contributed by atoms with Crippen molar-refractivity contribution in [3.8, 4) is 34.3 Å². The number of hydrogen-bond acceptors (Lipinski definition) is 7. The smallest absolute Gasteiger partial charge is 0.234 e. The number of rotatable bonds is 10. The zero-order valence-corrected chi connectivity index (χ0v) is 21.5. The maximum atomic E-state index is 12.8. The summed E-state index contributed by atoms with van der Waals surface area (Å²) in [5, 5.41) is 12.4. The van der Waals surface area contributed by atoms with Gasteiger partial charge in [0.1, 0.15) is 17.2 Å². The Morgan fingerprint density at radius 2 is 1.75 bits per heavy atom. The maximum absolute atomic E-state index is 12.8. The normalized spacial score (nSPS) is 10.7. The fourth-order valence-electron chi connectivity index (χ4n) is 3.64. The standard InChI is InChI=1S/C27H28N4O4S/c1-5-35-21-11-9-20(10-12-21)31-26(19-8-6-7-18(2)15-19)29-30-27(31)36-17-25(32)28-23-14-13-22(33-3)16-24(23)34-4/h6-16H,5,17H2,1-4H3,(H,28,32). The molecule has 0 saturated carbocycles. The van der Waals surface area contributed by atoms with Gasteiger partial charge in [-0.3, -0.25) is 9.36 Å². The van der Waals surface area contributed by atoms with Crippen LogP contribution < -0.4 is 19.5 Å². The van der Waals surface area contributed by atoms with Gasteiger partial charge in [0.15, 0.2) is 11.0 Å². The van der Waals surface area contributed by atoms with Crippen molar-refractivity contribution in [2.75, 3.05) is 31.9 Å². The number of thioether (sulfide) groups is 1. The number of nitrogens with zero attached hydrogens (tertiary/aromatic N) is 3. The summed E-state index contributed by atoms with van der Waals surface area (Å²) in [5.74, 6) is 2.59. The van der Waals surface area contributed by atoms with Crippen molar-refractivity contribution in [3.05, 3.63) is 72.3 Å². The number of ether oxygens (including phenoxy) is 3. The lowest BCUT2D eigenvalue weighted by atomic mass is 10.1. The first-order chi connectivity index (χ1) is 17.5. The third-order valence-electron chi connectivity index (χ3n) is 5.33. The fraction of sp³-hybridized carbons (Fsp3) is 0.222. The highest BCUT2D eigenvalue weighted by Gasteiger charge is 2.18. The monoisotopic (exact) mass is 504 g/mol. The first kappa shape index (κ1) is 25.1. The molecular formula is C27H28N4O4S. The molecule has 0 saturated heterocycles. The van der Waals surface area contributed by atoms with E-state index in [-0.39, 0.29) is 11.7 Å². The molecule has 0 aliphatic heterocycles. The van der Waals surface area contributed by atoms with E-state index in [0.29, 0.717) is 34.8 Å². The highest BCUT2D eigenvalue weighted by molar-refractivity contribution is 7.99. The molecule has 4 rings (SSSR count). The van der Waals surface area contributed by atoms with E-state index >= 15 is 0 Å². The van der Waals surface area contributed by atoms with Crippen molar-refractivity contribution in [1.29, 1.82) is 0 Å². The highest BCUT2D eigenvalue weighted by Crippen LogP contribution is 2.31. The lowest BCUT2D eigenvalue weighted by molar-refractivity contribution is -0.113. The predicted molar refractivity (Wildman–Crippen MR) is 142 cm³/mol. The van der Waals surface area contributed by atoms with Gasteiger partial charge in [0.05, 0.1) is 32.3 Å². The number of benzene rings is 3. The third-order valence-corrected chi connectivity index (χ3v) is 6.26. The van der Waals surface area contributed by atoms with Crippen molar-refractivity contribution in [2.45, 2.75) is 19.0 Å². The number of carbonyl (C=O) groups is 1. The number of amides is 1. The molecule has 1 N–H and O–H groups in total. The van der Waals surface area contributed by atoms with Crippen molar-refractivity contribution in [2.24, 2.45) is 0 Å². The van der Waals surface area contributed by atoms with Gasteiger partial charge in [0.2, 0.25) is 5.91 Å². The molecule has 4 aromatic rings. The van der Waals surface area contributed by atoms with E-state index in [9.17, 15) is 4.79 Å². The van der Waals surface area contributed by atoms with Crippen LogP contribution in [0.4, 0.5) is 5.69 Å². The second-order valence-electron chi connectivity index (χ2n) is 7.84. The molecule has 0 spiro atoms. The summed E-state index contributed by atoms with van der Waals surface area (Å²) < 4.78 is 18.1. The van der Waals surface area contributed by atoms with Gasteiger partial charge in [-0.25, -0.2) is 0 Å². The van der Waals surface area contributed by atoms with E-state index in [0.717, 1.165) is 22.6 Å². The molecular weight excluding hydrogens is 476 g/mol. The van der Waals surface area contributed by atoms with Crippen LogP contribution in [0, 0.1) is 6.92 Å². The Balaban J connectivity index is 1.59. The van der Waals surface area contributed by atoms with E-state index < -0.39 is 0 Å². The molecule has 9 heteroatoms. The van der Waals surface area contributed by atoms with Crippen molar-refractivity contribution in [1.82, 2.24) is 14.8 Å². The zero-order chi connectivity index (χ0) is 25.5. The summed E-state index contributed by atoms with van der Waals surface area (Å²) >= 11 is 1.31. The van der Waals surface area contributed by atoms with E-state index in [4.69, 9.17) is 14.2 Å². The van der Waals surface area contributed by atoms with Crippen LogP contribution in [0.25, 0.3) is 17.1 Å². The highest BCUT2D eigenvalue weighted by atomic mass is 32.2. The van der Waals surface area contributed by atoms with Gasteiger partial charge < -0.3 is 19.5 Å². The molecule has 0 unspecified atom stereocenters. The van der Waals surface area contributed by atoms with Gasteiger partial charge in [0, 0.05) is 17.3 Å². The molecule has 1 heterocycles. The second kappa shape index (κ2) is 11.6. The molecule has 3 aromatic carbocycles. The summed E-state index contributed by atoms with van der Waals surface area (Å²) in [7, 11) is 3.13. The molecule has 1 aromatic heterocycles. The molecule has 0 radical (unpaired) electrons. The van der Waals surface area contributed by atoms with Crippen LogP contribution in [-0.2, 0) is 4.79 Å². The number of nitrogens with one attached hydrogen (secondary N) is 1. The summed E-state index contributed by atoms with van der Waals surface area (Å²) in [4.78, 5) is 12.8. The Morgan fingerprint density at radius 1 is 0.972 bits per heavy atom. The topological polar surface area (TPSA) is 87.5 Å². The molecule has 0 aliphatic carbocycles. The molecule has 186 valence electrons. The maximum Gasteiger partial charge on any atom is 0.234 e. The lowest BCUT2D eigenvalue weighted by Gasteiger charge is -2.13. The zero-order valence-electron chi connectivity index (χ0n) is 20.6. The molecule has 1 amide bonds. The first-order valence-corrected chi connectivity index (χ1v) is 12.4. The van der Waals surface area contributed by atoms with Gasteiger partial charge >= 0.3 is 0 Å². The van der Waals surface area contributed by atoms with Gasteiger partial charge in [-0.05, 0) is 56.3 Å². The molecule has 0 atom stereocenters. The van der Waals surface area contributed by atoms with Gasteiger partial charge in [-0.15, -0.1) is 10.2 Å².